The molecule has 5 nitrogen and oxygen atoms in total. The molecule has 0 amide bonds. The first-order valence-electron chi connectivity index (χ1n) is 22.2. The minimum Gasteiger partial charge on any atom is -0.427 e. The summed E-state index contributed by atoms with van der Waals surface area (Å²) in [5.74, 6) is 0. The Morgan fingerprint density at radius 1 is 0.453 bits per heavy atom. The first-order valence-corrected chi connectivity index (χ1v) is 22.2. The Morgan fingerprint density at radius 2 is 0.938 bits per heavy atom. The summed E-state index contributed by atoms with van der Waals surface area (Å²) in [4.78, 5) is 21.7. The normalized spacial score (nSPS) is 14.2. The Bertz CT molecular complexity index is 3310. The molecule has 0 bridgehead atoms. The molecule has 0 fully saturated rings. The van der Waals surface area contributed by atoms with Crippen molar-refractivity contribution in [3.05, 3.63) is 198 Å². The quantitative estimate of drug-likeness (QED) is 0.157. The predicted molar refractivity (Wildman–Crippen MR) is 263 cm³/mol. The van der Waals surface area contributed by atoms with Gasteiger partial charge in [0.2, 0.25) is 0 Å². The van der Waals surface area contributed by atoms with E-state index in [4.69, 9.17) is 9.57 Å². The summed E-state index contributed by atoms with van der Waals surface area (Å²) in [5, 5.41) is 2.00. The lowest BCUT2D eigenvalue weighted by atomic mass is 9.82. The smallest absolute Gasteiger partial charge is 0.427 e. The third-order valence-corrected chi connectivity index (χ3v) is 13.5. The van der Waals surface area contributed by atoms with Crippen LogP contribution < -0.4 is 9.74 Å². The number of anilines is 3. The van der Waals surface area contributed by atoms with Crippen LogP contribution in [0.15, 0.2) is 176 Å². The SMILES string of the molecule is CC(C)(C)OC(=O)On1c2ccc(-c3ccc(N(c4ccc(-c5ccccc5)cc4)c4ccc5c(c4)C(C)(C)c4ccccc4-5)cc3)cc2c2cc3c(cc21)C(C)(C)c1ccccc1-3. The van der Waals surface area contributed by atoms with E-state index in [-0.39, 0.29) is 10.8 Å². The molecular formula is C59H50N2O3. The standard InChI is InChI=1S/C59H50N2O3/c1-57(2,3)63-56(62)64-61-54-32-25-40(33-48(54)49-35-47-45-18-12-14-20-51(45)59(6,7)53(47)36-55(49)61)39-23-28-42(29-24-39)60(41-26-21-38(22-27-41)37-15-9-8-10-16-37)43-30-31-46-44-17-11-13-19-50(44)58(4,5)52(46)34-43/h8-36H,1-7H3. The number of aromatic nitrogens is 1. The molecule has 0 spiro atoms. The van der Waals surface area contributed by atoms with Crippen molar-refractivity contribution in [2.24, 2.45) is 0 Å². The minimum atomic E-state index is -0.746. The van der Waals surface area contributed by atoms with Gasteiger partial charge in [0.1, 0.15) is 5.60 Å². The molecule has 314 valence electrons. The Labute approximate surface area is 375 Å². The molecule has 11 rings (SSSR count). The molecule has 64 heavy (non-hydrogen) atoms. The summed E-state index contributed by atoms with van der Waals surface area (Å²) in [6.45, 7) is 14.7. The number of carbonyl (C=O) groups is 1. The average molecular weight is 835 g/mol. The van der Waals surface area contributed by atoms with Gasteiger partial charge in [0.15, 0.2) is 0 Å². The maximum absolute atomic E-state index is 13.3. The summed E-state index contributed by atoms with van der Waals surface area (Å²) in [6.07, 6.45) is -0.746. The van der Waals surface area contributed by atoms with Gasteiger partial charge in [-0.05, 0) is 148 Å². The van der Waals surface area contributed by atoms with Crippen molar-refractivity contribution in [2.45, 2.75) is 64.9 Å². The molecule has 2 aliphatic rings. The zero-order valence-electron chi connectivity index (χ0n) is 37.4. The van der Waals surface area contributed by atoms with Gasteiger partial charge in [-0.1, -0.05) is 143 Å². The Morgan fingerprint density at radius 3 is 1.56 bits per heavy atom. The van der Waals surface area contributed by atoms with Crippen LogP contribution in [0, 0.1) is 0 Å². The topological polar surface area (TPSA) is 43.7 Å². The van der Waals surface area contributed by atoms with E-state index in [0.29, 0.717) is 0 Å². The number of ether oxygens (including phenoxy) is 1. The van der Waals surface area contributed by atoms with Crippen LogP contribution in [0.2, 0.25) is 0 Å². The molecular weight excluding hydrogens is 785 g/mol. The number of carbonyl (C=O) groups excluding carboxylic acids is 1. The lowest BCUT2D eigenvalue weighted by molar-refractivity contribution is -0.00688. The highest BCUT2D eigenvalue weighted by Gasteiger charge is 2.37. The largest absolute Gasteiger partial charge is 0.534 e. The van der Waals surface area contributed by atoms with Crippen molar-refractivity contribution >= 4 is 45.0 Å². The maximum Gasteiger partial charge on any atom is 0.534 e. The lowest BCUT2D eigenvalue weighted by Crippen LogP contribution is -2.29. The second-order valence-electron chi connectivity index (χ2n) is 19.4. The molecule has 0 radical (unpaired) electrons. The van der Waals surface area contributed by atoms with E-state index in [9.17, 15) is 4.79 Å². The van der Waals surface area contributed by atoms with Gasteiger partial charge in [0, 0.05) is 38.7 Å². The average Bonchev–Trinajstić information content (AvgIpc) is 3.81. The lowest BCUT2D eigenvalue weighted by Gasteiger charge is -2.28. The van der Waals surface area contributed by atoms with Gasteiger partial charge in [-0.25, -0.2) is 4.79 Å². The van der Waals surface area contributed by atoms with Crippen molar-refractivity contribution in [3.8, 4) is 44.5 Å². The molecule has 0 saturated heterocycles. The summed E-state index contributed by atoms with van der Waals surface area (Å²) in [7, 11) is 0. The van der Waals surface area contributed by atoms with Crippen molar-refractivity contribution in [1.29, 1.82) is 0 Å². The van der Waals surface area contributed by atoms with Crippen LogP contribution in [0.3, 0.4) is 0 Å². The van der Waals surface area contributed by atoms with Crippen molar-refractivity contribution in [3.63, 3.8) is 0 Å². The van der Waals surface area contributed by atoms with E-state index in [0.717, 1.165) is 50.0 Å². The fourth-order valence-electron chi connectivity index (χ4n) is 10.3. The molecule has 2 aliphatic carbocycles. The van der Waals surface area contributed by atoms with E-state index in [2.05, 4.69) is 209 Å². The van der Waals surface area contributed by atoms with Crippen LogP contribution in [0.1, 0.15) is 70.7 Å². The monoisotopic (exact) mass is 834 g/mol. The second-order valence-corrected chi connectivity index (χ2v) is 19.4. The zero-order valence-corrected chi connectivity index (χ0v) is 37.4. The zero-order chi connectivity index (χ0) is 44.1. The van der Waals surface area contributed by atoms with Crippen molar-refractivity contribution in [1.82, 2.24) is 4.73 Å². The van der Waals surface area contributed by atoms with Crippen molar-refractivity contribution < 1.29 is 14.4 Å². The Hall–Kier alpha value is -7.37. The van der Waals surface area contributed by atoms with Gasteiger partial charge < -0.3 is 14.5 Å². The number of nitrogens with zero attached hydrogens (tertiary/aromatic N) is 2. The summed E-state index contributed by atoms with van der Waals surface area (Å²) in [5.41, 5.74) is 18.5. The fourth-order valence-corrected chi connectivity index (χ4v) is 10.3. The molecule has 8 aromatic carbocycles. The number of benzene rings is 8. The molecule has 0 atom stereocenters. The molecule has 9 aromatic rings. The molecule has 0 N–H and O–H groups in total. The number of rotatable bonds is 6. The summed E-state index contributed by atoms with van der Waals surface area (Å²) in [6, 6.07) is 63.5. The summed E-state index contributed by atoms with van der Waals surface area (Å²) >= 11 is 0. The van der Waals surface area contributed by atoms with Crippen LogP contribution >= 0.6 is 0 Å². The Kier molecular flexibility index (Phi) is 8.84. The molecule has 1 aromatic heterocycles. The highest BCUT2D eigenvalue weighted by molar-refractivity contribution is 6.11. The molecule has 0 saturated carbocycles. The first-order chi connectivity index (χ1) is 30.8. The predicted octanol–water partition coefficient (Wildman–Crippen LogP) is 15.6. The van der Waals surface area contributed by atoms with Gasteiger partial charge in [0.05, 0.1) is 11.0 Å². The summed E-state index contributed by atoms with van der Waals surface area (Å²) < 4.78 is 7.32. The molecule has 0 aliphatic heterocycles. The van der Waals surface area contributed by atoms with Gasteiger partial charge in [-0.3, -0.25) is 0 Å². The molecule has 0 unspecified atom stereocenters. The van der Waals surface area contributed by atoms with E-state index in [1.807, 2.05) is 20.8 Å². The van der Waals surface area contributed by atoms with Crippen LogP contribution in [-0.4, -0.2) is 16.5 Å². The van der Waals surface area contributed by atoms with Crippen LogP contribution in [0.4, 0.5) is 21.9 Å². The van der Waals surface area contributed by atoms with Crippen LogP contribution in [0.25, 0.3) is 66.3 Å². The number of fused-ring (bicyclic) bond motifs is 9. The molecule has 5 heteroatoms. The second kappa shape index (κ2) is 14.3. The van der Waals surface area contributed by atoms with Gasteiger partial charge >= 0.3 is 6.16 Å². The van der Waals surface area contributed by atoms with Gasteiger partial charge in [0.25, 0.3) is 0 Å². The number of hydrogen-bond acceptors (Lipinski definition) is 4. The van der Waals surface area contributed by atoms with E-state index >= 15 is 0 Å². The van der Waals surface area contributed by atoms with Crippen molar-refractivity contribution in [2.75, 3.05) is 4.90 Å². The third-order valence-electron chi connectivity index (χ3n) is 13.5. The minimum absolute atomic E-state index is 0.131. The van der Waals surface area contributed by atoms with Gasteiger partial charge in [-0.2, -0.15) is 4.73 Å². The van der Waals surface area contributed by atoms with Crippen LogP contribution in [-0.2, 0) is 15.6 Å². The van der Waals surface area contributed by atoms with E-state index in [1.54, 1.807) is 4.73 Å². The van der Waals surface area contributed by atoms with E-state index < -0.39 is 11.8 Å². The van der Waals surface area contributed by atoms with E-state index in [1.165, 1.54) is 55.6 Å². The maximum atomic E-state index is 13.3. The third kappa shape index (κ3) is 6.32. The molecule has 1 heterocycles. The first kappa shape index (κ1) is 39.5. The van der Waals surface area contributed by atoms with Gasteiger partial charge in [-0.15, -0.1) is 0 Å². The fraction of sp³-hybridized carbons (Fsp3) is 0.169. The highest BCUT2D eigenvalue weighted by atomic mass is 16.8. The Balaban J connectivity index is 1.02. The highest BCUT2D eigenvalue weighted by Crippen LogP contribution is 2.52. The van der Waals surface area contributed by atoms with Crippen LogP contribution in [0.5, 0.6) is 0 Å². The number of hydrogen-bond donors (Lipinski definition) is 0.